The van der Waals surface area contributed by atoms with Crippen LogP contribution >= 0.6 is 11.6 Å². The maximum absolute atomic E-state index is 13.0. The number of pyridine rings is 1. The Hall–Kier alpha value is -2.80. The zero-order valence-electron chi connectivity index (χ0n) is 15.9. The molecular formula is C21H22ClN3O4. The van der Waals surface area contributed by atoms with Crippen molar-refractivity contribution in [1.29, 1.82) is 0 Å². The number of fused-ring (bicyclic) bond motifs is 1. The molecule has 0 saturated heterocycles. The van der Waals surface area contributed by atoms with Crippen LogP contribution in [0.3, 0.4) is 0 Å². The van der Waals surface area contributed by atoms with E-state index >= 15 is 0 Å². The highest BCUT2D eigenvalue weighted by Gasteiger charge is 2.29. The third kappa shape index (κ3) is 4.62. The molecule has 2 aliphatic rings. The second-order valence-corrected chi connectivity index (χ2v) is 7.59. The van der Waals surface area contributed by atoms with E-state index in [0.29, 0.717) is 28.8 Å². The third-order valence-corrected chi connectivity index (χ3v) is 5.46. The second-order valence-electron chi connectivity index (χ2n) is 7.21. The Morgan fingerprint density at radius 2 is 1.93 bits per heavy atom. The van der Waals surface area contributed by atoms with Gasteiger partial charge >= 0.3 is 0 Å². The lowest BCUT2D eigenvalue weighted by atomic mass is 10.1. The van der Waals surface area contributed by atoms with Gasteiger partial charge in [0.05, 0.1) is 5.56 Å². The molecule has 2 heterocycles. The minimum absolute atomic E-state index is 0.0106. The van der Waals surface area contributed by atoms with Crippen LogP contribution in [-0.4, -0.2) is 41.1 Å². The lowest BCUT2D eigenvalue weighted by molar-refractivity contribution is -0.122. The Labute approximate surface area is 174 Å². The van der Waals surface area contributed by atoms with Crippen LogP contribution in [0.15, 0.2) is 36.5 Å². The zero-order valence-corrected chi connectivity index (χ0v) is 16.7. The van der Waals surface area contributed by atoms with E-state index < -0.39 is 0 Å². The molecule has 0 spiro atoms. The van der Waals surface area contributed by atoms with Crippen LogP contribution < -0.4 is 14.8 Å². The predicted molar refractivity (Wildman–Crippen MR) is 107 cm³/mol. The van der Waals surface area contributed by atoms with E-state index in [1.807, 2.05) is 18.2 Å². The fourth-order valence-corrected chi connectivity index (χ4v) is 3.82. The number of hydrogen-bond donors (Lipinski definition) is 1. The third-order valence-electron chi connectivity index (χ3n) is 5.24. The van der Waals surface area contributed by atoms with Crippen molar-refractivity contribution in [3.05, 3.63) is 52.8 Å². The monoisotopic (exact) mass is 415 g/mol. The largest absolute Gasteiger partial charge is 0.454 e. The SMILES string of the molecule is O=C(CN(C(=O)c1ccc(Cl)nc1)C1CCCC1)NCc1ccc2c(c1)OCO2. The summed E-state index contributed by atoms with van der Waals surface area (Å²) in [5.41, 5.74) is 1.34. The van der Waals surface area contributed by atoms with Gasteiger partial charge in [-0.25, -0.2) is 4.98 Å². The number of halogens is 1. The molecule has 4 rings (SSSR count). The van der Waals surface area contributed by atoms with Gasteiger partial charge in [0.15, 0.2) is 11.5 Å². The molecule has 2 aromatic rings. The molecule has 0 atom stereocenters. The number of amides is 2. The summed E-state index contributed by atoms with van der Waals surface area (Å²) in [7, 11) is 0. The molecule has 2 amide bonds. The molecule has 0 bridgehead atoms. The van der Waals surface area contributed by atoms with Gasteiger partial charge in [-0.15, -0.1) is 0 Å². The number of rotatable bonds is 6. The number of carbonyl (C=O) groups excluding carboxylic acids is 2. The van der Waals surface area contributed by atoms with Gasteiger partial charge in [-0.05, 0) is 42.7 Å². The Bertz CT molecular complexity index is 897. The second kappa shape index (κ2) is 8.69. The number of carbonyl (C=O) groups is 2. The Kier molecular flexibility index (Phi) is 5.85. The standard InChI is InChI=1S/C21H22ClN3O4/c22-19-8-6-15(11-23-19)21(27)25(16-3-1-2-4-16)12-20(26)24-10-14-5-7-17-18(9-14)29-13-28-17/h5-9,11,16H,1-4,10,12-13H2,(H,24,26). The number of ether oxygens (including phenoxy) is 2. The van der Waals surface area contributed by atoms with E-state index in [4.69, 9.17) is 21.1 Å². The van der Waals surface area contributed by atoms with Gasteiger partial charge in [-0.3, -0.25) is 9.59 Å². The minimum atomic E-state index is -0.204. The normalized spacial score (nSPS) is 15.3. The van der Waals surface area contributed by atoms with E-state index in [9.17, 15) is 9.59 Å². The average Bonchev–Trinajstić information content (AvgIpc) is 3.42. The maximum atomic E-state index is 13.0. The quantitative estimate of drug-likeness (QED) is 0.733. The fraction of sp³-hybridized carbons (Fsp3) is 0.381. The highest BCUT2D eigenvalue weighted by Crippen LogP contribution is 2.32. The lowest BCUT2D eigenvalue weighted by Crippen LogP contribution is -2.45. The first-order chi connectivity index (χ1) is 14.1. The van der Waals surface area contributed by atoms with Crippen molar-refractivity contribution in [3.63, 3.8) is 0 Å². The van der Waals surface area contributed by atoms with Crippen LogP contribution in [0.2, 0.25) is 5.15 Å². The topological polar surface area (TPSA) is 80.8 Å². The molecule has 1 saturated carbocycles. The molecule has 1 aliphatic carbocycles. The average molecular weight is 416 g/mol. The van der Waals surface area contributed by atoms with Crippen LogP contribution in [0, 0.1) is 0 Å². The smallest absolute Gasteiger partial charge is 0.256 e. The van der Waals surface area contributed by atoms with Crippen LogP contribution in [0.4, 0.5) is 0 Å². The molecule has 1 aromatic heterocycles. The van der Waals surface area contributed by atoms with Gasteiger partial charge in [0.2, 0.25) is 12.7 Å². The van der Waals surface area contributed by atoms with Crippen molar-refractivity contribution in [2.24, 2.45) is 0 Å². The Morgan fingerprint density at radius 3 is 2.69 bits per heavy atom. The molecule has 1 aromatic carbocycles. The van der Waals surface area contributed by atoms with Crippen LogP contribution in [0.1, 0.15) is 41.6 Å². The molecule has 1 aliphatic heterocycles. The van der Waals surface area contributed by atoms with Gasteiger partial charge in [0.25, 0.3) is 5.91 Å². The number of nitrogens with zero attached hydrogens (tertiary/aromatic N) is 2. The molecule has 8 heteroatoms. The minimum Gasteiger partial charge on any atom is -0.454 e. The Balaban J connectivity index is 1.40. The Morgan fingerprint density at radius 1 is 1.14 bits per heavy atom. The number of hydrogen-bond acceptors (Lipinski definition) is 5. The van der Waals surface area contributed by atoms with Crippen LogP contribution in [0.5, 0.6) is 11.5 Å². The van der Waals surface area contributed by atoms with Crippen LogP contribution in [-0.2, 0) is 11.3 Å². The van der Waals surface area contributed by atoms with Crippen molar-refractivity contribution in [3.8, 4) is 11.5 Å². The number of benzene rings is 1. The van der Waals surface area contributed by atoms with E-state index in [2.05, 4.69) is 10.3 Å². The number of aromatic nitrogens is 1. The van der Waals surface area contributed by atoms with Gasteiger partial charge in [0.1, 0.15) is 11.7 Å². The first kappa shape index (κ1) is 19.5. The summed E-state index contributed by atoms with van der Waals surface area (Å²) in [5.74, 6) is 0.980. The maximum Gasteiger partial charge on any atom is 0.256 e. The predicted octanol–water partition coefficient (Wildman–Crippen LogP) is 3.16. The van der Waals surface area contributed by atoms with E-state index in [1.54, 1.807) is 17.0 Å². The molecule has 0 radical (unpaired) electrons. The van der Waals surface area contributed by atoms with E-state index in [0.717, 1.165) is 31.2 Å². The molecular weight excluding hydrogens is 394 g/mol. The first-order valence-electron chi connectivity index (χ1n) is 9.68. The van der Waals surface area contributed by atoms with Crippen molar-refractivity contribution in [2.45, 2.75) is 38.3 Å². The summed E-state index contributed by atoms with van der Waals surface area (Å²) in [6, 6.07) is 8.85. The first-order valence-corrected chi connectivity index (χ1v) is 10.1. The number of nitrogens with one attached hydrogen (secondary N) is 1. The van der Waals surface area contributed by atoms with Crippen LogP contribution in [0.25, 0.3) is 0 Å². The summed E-state index contributed by atoms with van der Waals surface area (Å²) in [4.78, 5) is 31.3. The lowest BCUT2D eigenvalue weighted by Gasteiger charge is -2.28. The summed E-state index contributed by atoms with van der Waals surface area (Å²) in [6.07, 6.45) is 5.39. The van der Waals surface area contributed by atoms with Crippen molar-refractivity contribution in [2.75, 3.05) is 13.3 Å². The highest BCUT2D eigenvalue weighted by molar-refractivity contribution is 6.29. The molecule has 1 N–H and O–H groups in total. The van der Waals surface area contributed by atoms with Gasteiger partial charge in [0, 0.05) is 18.8 Å². The summed E-state index contributed by atoms with van der Waals surface area (Å²) >= 11 is 5.83. The highest BCUT2D eigenvalue weighted by atomic mass is 35.5. The van der Waals surface area contributed by atoms with Crippen molar-refractivity contribution >= 4 is 23.4 Å². The van der Waals surface area contributed by atoms with Gasteiger partial charge < -0.3 is 19.7 Å². The summed E-state index contributed by atoms with van der Waals surface area (Å²) < 4.78 is 10.7. The molecule has 29 heavy (non-hydrogen) atoms. The fourth-order valence-electron chi connectivity index (χ4n) is 3.71. The van der Waals surface area contributed by atoms with E-state index in [-0.39, 0.29) is 31.2 Å². The van der Waals surface area contributed by atoms with Gasteiger partial charge in [-0.1, -0.05) is 30.5 Å². The molecule has 1 fully saturated rings. The van der Waals surface area contributed by atoms with Gasteiger partial charge in [-0.2, -0.15) is 0 Å². The molecule has 7 nitrogen and oxygen atoms in total. The van der Waals surface area contributed by atoms with E-state index in [1.165, 1.54) is 6.20 Å². The zero-order chi connectivity index (χ0) is 20.2. The summed E-state index contributed by atoms with van der Waals surface area (Å²) in [5, 5.41) is 3.22. The summed E-state index contributed by atoms with van der Waals surface area (Å²) in [6.45, 7) is 0.574. The molecule has 0 unspecified atom stereocenters. The van der Waals surface area contributed by atoms with Crippen molar-refractivity contribution in [1.82, 2.24) is 15.2 Å². The van der Waals surface area contributed by atoms with Crippen molar-refractivity contribution < 1.29 is 19.1 Å². The molecule has 152 valence electrons.